The highest BCUT2D eigenvalue weighted by Gasteiger charge is 2.20. The summed E-state index contributed by atoms with van der Waals surface area (Å²) in [7, 11) is 0. The molecule has 0 heterocycles. The Hall–Kier alpha value is -0.270. The van der Waals surface area contributed by atoms with Gasteiger partial charge in [0.05, 0.1) is 6.04 Å². The molecule has 1 saturated carbocycles. The summed E-state index contributed by atoms with van der Waals surface area (Å²) >= 11 is 1.89. The van der Waals surface area contributed by atoms with E-state index in [1.54, 1.807) is 6.08 Å². The minimum atomic E-state index is 0.263. The number of aliphatic imine (C=N–C) groups is 1. The van der Waals surface area contributed by atoms with E-state index in [0.717, 1.165) is 12.8 Å². The highest BCUT2D eigenvalue weighted by molar-refractivity contribution is 7.99. The Morgan fingerprint density at radius 3 is 3.00 bits per heavy atom. The van der Waals surface area contributed by atoms with Crippen LogP contribution >= 0.6 is 11.8 Å². The number of thioether (sulfide) groups is 1. The summed E-state index contributed by atoms with van der Waals surface area (Å²) in [6.45, 7) is 0. The van der Waals surface area contributed by atoms with Gasteiger partial charge < -0.3 is 0 Å². The van der Waals surface area contributed by atoms with Crippen LogP contribution in [0.4, 0.5) is 0 Å². The molecule has 1 aliphatic carbocycles. The fraction of sp³-hybridized carbons (Fsp3) is 0.875. The average Bonchev–Trinajstić information content (AvgIpc) is 2.06. The van der Waals surface area contributed by atoms with Crippen LogP contribution < -0.4 is 0 Å². The van der Waals surface area contributed by atoms with Crippen LogP contribution in [0.2, 0.25) is 0 Å². The molecule has 0 spiro atoms. The Kier molecular flexibility index (Phi) is 3.67. The molecular weight excluding hydrogens is 158 g/mol. The molecular formula is C8H13NOS. The fourth-order valence-electron chi connectivity index (χ4n) is 1.53. The van der Waals surface area contributed by atoms with Gasteiger partial charge in [0.1, 0.15) is 0 Å². The molecule has 0 amide bonds. The van der Waals surface area contributed by atoms with Crippen molar-refractivity contribution in [3.8, 4) is 0 Å². The third kappa shape index (κ3) is 2.68. The molecule has 3 heteroatoms. The van der Waals surface area contributed by atoms with Crippen molar-refractivity contribution in [1.82, 2.24) is 0 Å². The Morgan fingerprint density at radius 1 is 1.55 bits per heavy atom. The van der Waals surface area contributed by atoms with E-state index in [9.17, 15) is 4.79 Å². The number of hydrogen-bond donors (Lipinski definition) is 0. The molecule has 2 unspecified atom stereocenters. The molecule has 0 bridgehead atoms. The zero-order valence-corrected chi connectivity index (χ0v) is 7.56. The molecule has 2 nitrogen and oxygen atoms in total. The third-order valence-corrected chi connectivity index (χ3v) is 3.26. The first-order valence-corrected chi connectivity index (χ1v) is 5.25. The van der Waals surface area contributed by atoms with Gasteiger partial charge in [0, 0.05) is 5.25 Å². The van der Waals surface area contributed by atoms with Crippen LogP contribution in [-0.2, 0) is 4.79 Å². The molecule has 1 rings (SSSR count). The highest BCUT2D eigenvalue weighted by atomic mass is 32.2. The lowest BCUT2D eigenvalue weighted by atomic mass is 9.96. The Morgan fingerprint density at radius 2 is 2.36 bits per heavy atom. The van der Waals surface area contributed by atoms with Crippen molar-refractivity contribution in [2.24, 2.45) is 4.99 Å². The van der Waals surface area contributed by atoms with Gasteiger partial charge in [0.2, 0.25) is 6.08 Å². The fourth-order valence-corrected chi connectivity index (χ4v) is 2.34. The van der Waals surface area contributed by atoms with Crippen LogP contribution in [0.5, 0.6) is 0 Å². The van der Waals surface area contributed by atoms with E-state index in [1.807, 2.05) is 11.8 Å². The Bertz CT molecular complexity index is 165. The van der Waals surface area contributed by atoms with E-state index in [2.05, 4.69) is 11.2 Å². The van der Waals surface area contributed by atoms with Crippen molar-refractivity contribution in [2.45, 2.75) is 37.0 Å². The molecule has 62 valence electrons. The smallest absolute Gasteiger partial charge is 0.211 e. The first-order valence-electron chi connectivity index (χ1n) is 3.96. The number of nitrogens with zero attached hydrogens (tertiary/aromatic N) is 1. The summed E-state index contributed by atoms with van der Waals surface area (Å²) in [4.78, 5) is 13.7. The van der Waals surface area contributed by atoms with Gasteiger partial charge in [-0.05, 0) is 25.5 Å². The molecule has 0 aromatic rings. The predicted octanol–water partition coefficient (Wildman–Crippen LogP) is 2.00. The maximum atomic E-state index is 9.97. The summed E-state index contributed by atoms with van der Waals surface area (Å²) in [5, 5.41) is 0.714. The molecule has 0 radical (unpaired) electrons. The lowest BCUT2D eigenvalue weighted by Crippen LogP contribution is -2.19. The maximum Gasteiger partial charge on any atom is 0.235 e. The van der Waals surface area contributed by atoms with Crippen molar-refractivity contribution in [1.29, 1.82) is 0 Å². The maximum absolute atomic E-state index is 9.97. The van der Waals surface area contributed by atoms with E-state index < -0.39 is 0 Å². The lowest BCUT2D eigenvalue weighted by molar-refractivity contribution is 0.449. The van der Waals surface area contributed by atoms with Crippen molar-refractivity contribution in [3.63, 3.8) is 0 Å². The Labute approximate surface area is 71.5 Å². The molecule has 2 atom stereocenters. The number of rotatable bonds is 2. The summed E-state index contributed by atoms with van der Waals surface area (Å²) in [6, 6.07) is 0.263. The van der Waals surface area contributed by atoms with E-state index in [4.69, 9.17) is 0 Å². The van der Waals surface area contributed by atoms with Crippen molar-refractivity contribution in [3.05, 3.63) is 0 Å². The molecule has 0 saturated heterocycles. The van der Waals surface area contributed by atoms with Crippen LogP contribution in [0.25, 0.3) is 0 Å². The first kappa shape index (κ1) is 8.82. The normalized spacial score (nSPS) is 31.0. The Balaban J connectivity index is 2.38. The average molecular weight is 171 g/mol. The largest absolute Gasteiger partial charge is 0.235 e. The van der Waals surface area contributed by atoms with Gasteiger partial charge in [-0.2, -0.15) is 11.8 Å². The number of isocyanates is 1. The zero-order valence-electron chi connectivity index (χ0n) is 6.75. The van der Waals surface area contributed by atoms with E-state index in [-0.39, 0.29) is 6.04 Å². The van der Waals surface area contributed by atoms with Crippen molar-refractivity contribution < 1.29 is 4.79 Å². The summed E-state index contributed by atoms with van der Waals surface area (Å²) < 4.78 is 0. The van der Waals surface area contributed by atoms with Crippen LogP contribution in [0.1, 0.15) is 25.7 Å². The van der Waals surface area contributed by atoms with E-state index in [0.29, 0.717) is 5.25 Å². The SMILES string of the molecule is CSC1CCCC(N=C=O)C1. The van der Waals surface area contributed by atoms with Gasteiger partial charge >= 0.3 is 0 Å². The van der Waals surface area contributed by atoms with Gasteiger partial charge in [-0.3, -0.25) is 0 Å². The standard InChI is InChI=1S/C8H13NOS/c1-11-8-4-2-3-7(5-8)9-6-10/h7-8H,2-5H2,1H3. The van der Waals surface area contributed by atoms with Gasteiger partial charge in [0.25, 0.3) is 0 Å². The van der Waals surface area contributed by atoms with Gasteiger partial charge in [0.15, 0.2) is 0 Å². The minimum absolute atomic E-state index is 0.263. The second-order valence-corrected chi connectivity index (χ2v) is 4.04. The second-order valence-electron chi connectivity index (χ2n) is 2.90. The quantitative estimate of drug-likeness (QED) is 0.470. The zero-order chi connectivity index (χ0) is 8.10. The van der Waals surface area contributed by atoms with Crippen LogP contribution in [0.3, 0.4) is 0 Å². The molecule has 1 aliphatic rings. The molecule has 0 aromatic heterocycles. The second kappa shape index (κ2) is 4.58. The monoisotopic (exact) mass is 171 g/mol. The van der Waals surface area contributed by atoms with Crippen LogP contribution in [-0.4, -0.2) is 23.6 Å². The summed E-state index contributed by atoms with van der Waals surface area (Å²) in [5.74, 6) is 0. The lowest BCUT2D eigenvalue weighted by Gasteiger charge is -2.23. The minimum Gasteiger partial charge on any atom is -0.211 e. The van der Waals surface area contributed by atoms with Crippen molar-refractivity contribution >= 4 is 17.8 Å². The van der Waals surface area contributed by atoms with E-state index in [1.165, 1.54) is 12.8 Å². The van der Waals surface area contributed by atoms with E-state index >= 15 is 0 Å². The van der Waals surface area contributed by atoms with Gasteiger partial charge in [-0.15, -0.1) is 0 Å². The summed E-state index contributed by atoms with van der Waals surface area (Å²) in [5.41, 5.74) is 0. The molecule has 0 N–H and O–H groups in total. The topological polar surface area (TPSA) is 29.4 Å². The van der Waals surface area contributed by atoms with Gasteiger partial charge in [-0.1, -0.05) is 6.42 Å². The van der Waals surface area contributed by atoms with Crippen LogP contribution in [0.15, 0.2) is 4.99 Å². The molecule has 11 heavy (non-hydrogen) atoms. The number of hydrogen-bond acceptors (Lipinski definition) is 3. The molecule has 1 fully saturated rings. The third-order valence-electron chi connectivity index (χ3n) is 2.17. The molecule has 0 aromatic carbocycles. The molecule has 0 aliphatic heterocycles. The van der Waals surface area contributed by atoms with Crippen LogP contribution in [0, 0.1) is 0 Å². The first-order chi connectivity index (χ1) is 5.36. The van der Waals surface area contributed by atoms with Gasteiger partial charge in [-0.25, -0.2) is 9.79 Å². The highest BCUT2D eigenvalue weighted by Crippen LogP contribution is 2.28. The van der Waals surface area contributed by atoms with Crippen molar-refractivity contribution in [2.75, 3.05) is 6.26 Å². The number of carbonyl (C=O) groups excluding carboxylic acids is 1. The summed E-state index contributed by atoms with van der Waals surface area (Å²) in [6.07, 6.45) is 8.41. The predicted molar refractivity (Wildman–Crippen MR) is 47.7 cm³/mol.